The summed E-state index contributed by atoms with van der Waals surface area (Å²) in [5.41, 5.74) is 1.74. The molecule has 0 aliphatic rings. The number of pyridine rings is 1. The molecule has 0 saturated carbocycles. The van der Waals surface area contributed by atoms with E-state index in [0.29, 0.717) is 5.82 Å². The fourth-order valence-corrected chi connectivity index (χ4v) is 2.14. The van der Waals surface area contributed by atoms with Gasteiger partial charge >= 0.3 is 0 Å². The molecule has 1 N–H and O–H groups in total. The Hall–Kier alpha value is -3.15. The van der Waals surface area contributed by atoms with E-state index in [9.17, 15) is 5.11 Å². The van der Waals surface area contributed by atoms with Crippen LogP contribution in [0.25, 0.3) is 33.9 Å². The molecule has 0 amide bonds. The van der Waals surface area contributed by atoms with E-state index in [2.05, 4.69) is 15.1 Å². The Morgan fingerprint density at radius 2 is 1.95 bits per heavy atom. The summed E-state index contributed by atoms with van der Waals surface area (Å²) in [6.07, 6.45) is 3.13. The second-order valence-corrected chi connectivity index (χ2v) is 4.44. The first-order valence-electron chi connectivity index (χ1n) is 6.27. The van der Waals surface area contributed by atoms with Crippen LogP contribution in [0.1, 0.15) is 0 Å². The molecule has 0 spiro atoms. The summed E-state index contributed by atoms with van der Waals surface area (Å²) in [4.78, 5) is 8.31. The van der Waals surface area contributed by atoms with Crippen molar-refractivity contribution in [1.82, 2.24) is 15.1 Å². The van der Waals surface area contributed by atoms with E-state index in [1.807, 2.05) is 24.3 Å². The van der Waals surface area contributed by atoms with Crippen LogP contribution in [0.4, 0.5) is 0 Å². The van der Waals surface area contributed by atoms with Crippen molar-refractivity contribution in [3.05, 3.63) is 48.9 Å². The molecule has 0 atom stereocenters. The number of nitrogens with zero attached hydrogens (tertiary/aromatic N) is 3. The fraction of sp³-hybridized carbons (Fsp3) is 0. The number of hydrogen-bond donors (Lipinski definition) is 1. The van der Waals surface area contributed by atoms with Gasteiger partial charge in [0.25, 0.3) is 5.89 Å². The number of benzene rings is 1. The van der Waals surface area contributed by atoms with Gasteiger partial charge in [0, 0.05) is 11.6 Å². The van der Waals surface area contributed by atoms with Crippen LogP contribution in [-0.4, -0.2) is 20.2 Å². The van der Waals surface area contributed by atoms with Gasteiger partial charge in [0.2, 0.25) is 5.82 Å². The van der Waals surface area contributed by atoms with Crippen LogP contribution in [0.2, 0.25) is 0 Å². The molecule has 0 unspecified atom stereocenters. The molecular weight excluding hydrogens is 270 g/mol. The van der Waals surface area contributed by atoms with Crippen molar-refractivity contribution in [2.24, 2.45) is 0 Å². The Bertz CT molecular complexity index is 926. The fourth-order valence-electron chi connectivity index (χ4n) is 2.14. The van der Waals surface area contributed by atoms with Crippen molar-refractivity contribution in [3.8, 4) is 28.7 Å². The van der Waals surface area contributed by atoms with E-state index in [0.717, 1.165) is 16.5 Å². The predicted molar refractivity (Wildman–Crippen MR) is 74.4 cm³/mol. The lowest BCUT2D eigenvalue weighted by atomic mass is 10.2. The normalized spacial score (nSPS) is 11.0. The van der Waals surface area contributed by atoms with Gasteiger partial charge in [-0.15, -0.1) is 0 Å². The molecule has 3 aromatic heterocycles. The minimum Gasteiger partial charge on any atom is -0.505 e. The average molecular weight is 279 g/mol. The van der Waals surface area contributed by atoms with Gasteiger partial charge in [-0.1, -0.05) is 23.4 Å². The highest BCUT2D eigenvalue weighted by Gasteiger charge is 2.17. The van der Waals surface area contributed by atoms with Gasteiger partial charge in [0.1, 0.15) is 17.6 Å². The predicted octanol–water partition coefficient (Wildman–Crippen LogP) is 3.25. The monoisotopic (exact) mass is 279 g/mol. The topological polar surface area (TPSA) is 85.2 Å². The number of rotatable bonds is 2. The summed E-state index contributed by atoms with van der Waals surface area (Å²) >= 11 is 0. The van der Waals surface area contributed by atoms with E-state index in [4.69, 9.17) is 8.94 Å². The van der Waals surface area contributed by atoms with Crippen molar-refractivity contribution < 1.29 is 14.0 Å². The molecule has 102 valence electrons. The maximum atomic E-state index is 9.77. The van der Waals surface area contributed by atoms with Crippen LogP contribution in [0.3, 0.4) is 0 Å². The van der Waals surface area contributed by atoms with Crippen LogP contribution < -0.4 is 0 Å². The molecule has 0 radical (unpaired) electrons. The van der Waals surface area contributed by atoms with E-state index < -0.39 is 0 Å². The third kappa shape index (κ3) is 1.85. The zero-order chi connectivity index (χ0) is 14.2. The zero-order valence-corrected chi connectivity index (χ0v) is 10.7. The molecule has 6 nitrogen and oxygen atoms in total. The number of furan rings is 1. The Balaban J connectivity index is 1.83. The van der Waals surface area contributed by atoms with Gasteiger partial charge < -0.3 is 14.0 Å². The molecule has 3 heterocycles. The van der Waals surface area contributed by atoms with Gasteiger partial charge in [-0.25, -0.2) is 4.98 Å². The number of para-hydroxylation sites is 1. The van der Waals surface area contributed by atoms with Crippen molar-refractivity contribution >= 4 is 11.0 Å². The summed E-state index contributed by atoms with van der Waals surface area (Å²) in [5.74, 6) is 0.540. The Morgan fingerprint density at radius 3 is 2.86 bits per heavy atom. The van der Waals surface area contributed by atoms with E-state index in [1.54, 1.807) is 18.5 Å². The molecule has 0 bridgehead atoms. The van der Waals surface area contributed by atoms with Crippen LogP contribution in [0.5, 0.6) is 5.75 Å². The minimum atomic E-state index is -0.00949. The molecule has 0 aliphatic heterocycles. The average Bonchev–Trinajstić information content (AvgIpc) is 3.14. The minimum absolute atomic E-state index is 0.00949. The van der Waals surface area contributed by atoms with Crippen LogP contribution in [-0.2, 0) is 0 Å². The van der Waals surface area contributed by atoms with Crippen LogP contribution in [0.15, 0.2) is 57.8 Å². The highest BCUT2D eigenvalue weighted by molar-refractivity contribution is 5.92. The lowest BCUT2D eigenvalue weighted by Crippen LogP contribution is -1.84. The van der Waals surface area contributed by atoms with Crippen LogP contribution >= 0.6 is 0 Å². The summed E-state index contributed by atoms with van der Waals surface area (Å²) in [7, 11) is 0. The Morgan fingerprint density at radius 1 is 1.05 bits per heavy atom. The molecule has 0 saturated heterocycles. The summed E-state index contributed by atoms with van der Waals surface area (Å²) < 4.78 is 10.6. The molecular formula is C15H9N3O3. The quantitative estimate of drug-likeness (QED) is 0.606. The summed E-state index contributed by atoms with van der Waals surface area (Å²) in [5, 5.41) is 14.6. The number of aromatic nitrogens is 3. The highest BCUT2D eigenvalue weighted by atomic mass is 16.5. The Labute approximate surface area is 118 Å². The second-order valence-electron chi connectivity index (χ2n) is 4.44. The van der Waals surface area contributed by atoms with Crippen molar-refractivity contribution in [3.63, 3.8) is 0 Å². The first kappa shape index (κ1) is 11.7. The van der Waals surface area contributed by atoms with E-state index in [-0.39, 0.29) is 17.3 Å². The maximum Gasteiger partial charge on any atom is 0.280 e. The Kier molecular flexibility index (Phi) is 2.47. The maximum absolute atomic E-state index is 9.77. The SMILES string of the molecule is Oc1cccnc1-c1nc(-c2coc3ccccc23)no1. The molecule has 21 heavy (non-hydrogen) atoms. The molecule has 0 fully saturated rings. The van der Waals surface area contributed by atoms with E-state index >= 15 is 0 Å². The highest BCUT2D eigenvalue weighted by Crippen LogP contribution is 2.31. The standard InChI is InChI=1S/C15H9N3O3/c19-11-5-3-7-16-13(11)15-17-14(18-21-15)10-8-20-12-6-2-1-4-9(10)12/h1-8,19H. The lowest BCUT2D eigenvalue weighted by Gasteiger charge is -1.95. The molecule has 6 heteroatoms. The third-order valence-corrected chi connectivity index (χ3v) is 3.14. The molecule has 4 rings (SSSR count). The van der Waals surface area contributed by atoms with Crippen LogP contribution in [0, 0.1) is 0 Å². The largest absolute Gasteiger partial charge is 0.505 e. The summed E-state index contributed by atoms with van der Waals surface area (Å²) in [6.45, 7) is 0. The van der Waals surface area contributed by atoms with Crippen molar-refractivity contribution in [1.29, 1.82) is 0 Å². The van der Waals surface area contributed by atoms with Gasteiger partial charge in [0.15, 0.2) is 5.69 Å². The van der Waals surface area contributed by atoms with E-state index in [1.165, 1.54) is 6.07 Å². The molecule has 1 aromatic carbocycles. The first-order chi connectivity index (χ1) is 10.3. The number of hydrogen-bond acceptors (Lipinski definition) is 6. The smallest absolute Gasteiger partial charge is 0.280 e. The molecule has 0 aliphatic carbocycles. The van der Waals surface area contributed by atoms with Gasteiger partial charge in [-0.05, 0) is 18.2 Å². The number of fused-ring (bicyclic) bond motifs is 1. The second kappa shape index (κ2) is 4.45. The van der Waals surface area contributed by atoms with Gasteiger partial charge in [0.05, 0.1) is 5.56 Å². The molecule has 4 aromatic rings. The van der Waals surface area contributed by atoms with Gasteiger partial charge in [-0.3, -0.25) is 0 Å². The lowest BCUT2D eigenvalue weighted by molar-refractivity contribution is 0.423. The first-order valence-corrected chi connectivity index (χ1v) is 6.27. The third-order valence-electron chi connectivity index (χ3n) is 3.14. The summed E-state index contributed by atoms with van der Waals surface area (Å²) in [6, 6.07) is 10.7. The zero-order valence-electron chi connectivity index (χ0n) is 10.7. The van der Waals surface area contributed by atoms with Crippen molar-refractivity contribution in [2.75, 3.05) is 0 Å². The number of aromatic hydroxyl groups is 1. The van der Waals surface area contributed by atoms with Gasteiger partial charge in [-0.2, -0.15) is 4.98 Å². The van der Waals surface area contributed by atoms with Crippen molar-refractivity contribution in [2.45, 2.75) is 0 Å².